The van der Waals surface area contributed by atoms with E-state index in [-0.39, 0.29) is 24.3 Å². The highest BCUT2D eigenvalue weighted by Gasteiger charge is 2.11. The van der Waals surface area contributed by atoms with Gasteiger partial charge in [0.1, 0.15) is 0 Å². The Morgan fingerprint density at radius 2 is 1.74 bits per heavy atom. The van der Waals surface area contributed by atoms with E-state index in [1.807, 2.05) is 31.2 Å². The number of benzene rings is 2. The highest BCUT2D eigenvalue weighted by molar-refractivity contribution is 6.30. The molecule has 1 atom stereocenters. The summed E-state index contributed by atoms with van der Waals surface area (Å²) in [6.45, 7) is 3.60. The van der Waals surface area contributed by atoms with Crippen molar-refractivity contribution in [1.29, 1.82) is 0 Å². The molecule has 0 radical (unpaired) electrons. The fraction of sp³-hybridized carbons (Fsp3) is 0.222. The molecule has 2 rings (SSSR count). The summed E-state index contributed by atoms with van der Waals surface area (Å²) in [6.07, 6.45) is 0. The van der Waals surface area contributed by atoms with Gasteiger partial charge < -0.3 is 10.6 Å². The van der Waals surface area contributed by atoms with Gasteiger partial charge in [-0.15, -0.1) is 0 Å². The normalized spacial score (nSPS) is 11.8. The smallest absolute Gasteiger partial charge is 0.238 e. The molecule has 1 amide bonds. The van der Waals surface area contributed by atoms with Crippen LogP contribution >= 0.6 is 11.6 Å². The quantitative estimate of drug-likeness (QED) is 0.791. The predicted molar refractivity (Wildman–Crippen MR) is 92.9 cm³/mol. The van der Waals surface area contributed by atoms with Gasteiger partial charge >= 0.3 is 0 Å². The van der Waals surface area contributed by atoms with Crippen molar-refractivity contribution in [3.8, 4) is 0 Å². The summed E-state index contributed by atoms with van der Waals surface area (Å²) in [4.78, 5) is 23.6. The minimum absolute atomic E-state index is 0.0149. The highest BCUT2D eigenvalue weighted by Crippen LogP contribution is 2.17. The standard InChI is InChI=1S/C18H19ClN2O2/c1-12(14-7-9-15(19)10-8-14)20-11-18(23)21-17-6-4-3-5-16(17)13(2)22/h3-10,12,20H,11H2,1-2H3,(H,21,23). The number of halogens is 1. The molecule has 0 spiro atoms. The molecule has 5 heteroatoms. The first-order valence-corrected chi connectivity index (χ1v) is 7.74. The number of anilines is 1. The minimum atomic E-state index is -0.195. The van der Waals surface area contributed by atoms with Crippen LogP contribution in [0.25, 0.3) is 0 Å². The van der Waals surface area contributed by atoms with E-state index in [0.29, 0.717) is 16.3 Å². The summed E-state index contributed by atoms with van der Waals surface area (Å²) in [5, 5.41) is 6.59. The van der Waals surface area contributed by atoms with E-state index in [2.05, 4.69) is 10.6 Å². The molecule has 0 aliphatic carbocycles. The zero-order valence-corrected chi connectivity index (χ0v) is 13.9. The Bertz CT molecular complexity index is 698. The van der Waals surface area contributed by atoms with Crippen LogP contribution in [0.3, 0.4) is 0 Å². The van der Waals surface area contributed by atoms with Gasteiger partial charge in [0, 0.05) is 16.6 Å². The third-order valence-electron chi connectivity index (χ3n) is 3.52. The second-order valence-corrected chi connectivity index (χ2v) is 5.74. The summed E-state index contributed by atoms with van der Waals surface area (Å²) in [7, 11) is 0. The van der Waals surface area contributed by atoms with E-state index in [4.69, 9.17) is 11.6 Å². The number of Topliss-reactive ketones (excluding diaryl/α,β-unsaturated/α-hetero) is 1. The molecule has 0 aliphatic rings. The molecule has 2 N–H and O–H groups in total. The molecule has 2 aromatic rings. The number of amides is 1. The van der Waals surface area contributed by atoms with Gasteiger partial charge in [0.2, 0.25) is 5.91 Å². The van der Waals surface area contributed by atoms with E-state index in [9.17, 15) is 9.59 Å². The van der Waals surface area contributed by atoms with Gasteiger partial charge in [0.25, 0.3) is 0 Å². The maximum Gasteiger partial charge on any atom is 0.238 e. The minimum Gasteiger partial charge on any atom is -0.324 e. The second-order valence-electron chi connectivity index (χ2n) is 5.30. The maximum atomic E-state index is 12.1. The van der Waals surface area contributed by atoms with Crippen LogP contribution in [0.15, 0.2) is 48.5 Å². The molecule has 0 aliphatic heterocycles. The van der Waals surface area contributed by atoms with Crippen LogP contribution in [0.2, 0.25) is 5.02 Å². The van der Waals surface area contributed by atoms with Gasteiger partial charge in [-0.3, -0.25) is 9.59 Å². The molecule has 0 saturated carbocycles. The van der Waals surface area contributed by atoms with Crippen molar-refractivity contribution in [3.63, 3.8) is 0 Å². The van der Waals surface area contributed by atoms with Crippen LogP contribution < -0.4 is 10.6 Å². The van der Waals surface area contributed by atoms with Gasteiger partial charge in [-0.2, -0.15) is 0 Å². The fourth-order valence-electron chi connectivity index (χ4n) is 2.21. The zero-order valence-electron chi connectivity index (χ0n) is 13.1. The number of hydrogen-bond donors (Lipinski definition) is 2. The van der Waals surface area contributed by atoms with Crippen LogP contribution in [0, 0.1) is 0 Å². The number of carbonyl (C=O) groups is 2. The van der Waals surface area contributed by atoms with Crippen molar-refractivity contribution in [2.75, 3.05) is 11.9 Å². The summed E-state index contributed by atoms with van der Waals surface area (Å²) in [6, 6.07) is 14.5. The molecule has 0 fully saturated rings. The first kappa shape index (κ1) is 17.2. The molecule has 0 saturated heterocycles. The van der Waals surface area contributed by atoms with Crippen molar-refractivity contribution in [2.45, 2.75) is 19.9 Å². The van der Waals surface area contributed by atoms with Gasteiger partial charge in [-0.05, 0) is 43.7 Å². The number of hydrogen-bond acceptors (Lipinski definition) is 3. The Balaban J connectivity index is 1.93. The van der Waals surface area contributed by atoms with E-state index in [0.717, 1.165) is 5.56 Å². The Hall–Kier alpha value is -2.17. The average Bonchev–Trinajstić information content (AvgIpc) is 2.53. The number of para-hydroxylation sites is 1. The first-order chi connectivity index (χ1) is 11.0. The van der Waals surface area contributed by atoms with Gasteiger partial charge in [0.15, 0.2) is 5.78 Å². The summed E-state index contributed by atoms with van der Waals surface area (Å²) in [5.74, 6) is -0.275. The van der Waals surface area contributed by atoms with E-state index >= 15 is 0 Å². The molecule has 0 heterocycles. The molecule has 4 nitrogen and oxygen atoms in total. The highest BCUT2D eigenvalue weighted by atomic mass is 35.5. The van der Waals surface area contributed by atoms with Gasteiger partial charge in [-0.1, -0.05) is 35.9 Å². The van der Waals surface area contributed by atoms with E-state index in [1.54, 1.807) is 24.3 Å². The number of rotatable bonds is 6. The molecular formula is C18H19ClN2O2. The third-order valence-corrected chi connectivity index (χ3v) is 3.77. The molecule has 0 bridgehead atoms. The summed E-state index contributed by atoms with van der Waals surface area (Å²) < 4.78 is 0. The lowest BCUT2D eigenvalue weighted by atomic mass is 10.1. The van der Waals surface area contributed by atoms with Crippen molar-refractivity contribution in [3.05, 3.63) is 64.7 Å². The molecule has 120 valence electrons. The Morgan fingerprint density at radius 3 is 2.39 bits per heavy atom. The molecule has 0 aromatic heterocycles. The van der Waals surface area contributed by atoms with Crippen LogP contribution in [0.5, 0.6) is 0 Å². The zero-order chi connectivity index (χ0) is 16.8. The Labute approximate surface area is 140 Å². The largest absolute Gasteiger partial charge is 0.324 e. The number of ketones is 1. The van der Waals surface area contributed by atoms with Crippen LogP contribution in [-0.2, 0) is 4.79 Å². The van der Waals surface area contributed by atoms with E-state index in [1.165, 1.54) is 6.92 Å². The van der Waals surface area contributed by atoms with Crippen molar-refractivity contribution >= 4 is 29.0 Å². The topological polar surface area (TPSA) is 58.2 Å². The van der Waals surface area contributed by atoms with Crippen molar-refractivity contribution in [2.24, 2.45) is 0 Å². The van der Waals surface area contributed by atoms with E-state index < -0.39 is 0 Å². The lowest BCUT2D eigenvalue weighted by molar-refractivity contribution is -0.115. The SMILES string of the molecule is CC(=O)c1ccccc1NC(=O)CNC(C)c1ccc(Cl)cc1. The van der Waals surface area contributed by atoms with Crippen LogP contribution in [-0.4, -0.2) is 18.2 Å². The molecule has 1 unspecified atom stereocenters. The third kappa shape index (κ3) is 4.91. The average molecular weight is 331 g/mol. The lowest BCUT2D eigenvalue weighted by Crippen LogP contribution is -2.30. The first-order valence-electron chi connectivity index (χ1n) is 7.36. The Kier molecular flexibility index (Phi) is 5.90. The van der Waals surface area contributed by atoms with Gasteiger partial charge in [0.05, 0.1) is 12.2 Å². The number of nitrogens with one attached hydrogen (secondary N) is 2. The van der Waals surface area contributed by atoms with Crippen molar-refractivity contribution < 1.29 is 9.59 Å². The summed E-state index contributed by atoms with van der Waals surface area (Å²) in [5.41, 5.74) is 2.09. The molecule has 2 aromatic carbocycles. The molecule has 23 heavy (non-hydrogen) atoms. The second kappa shape index (κ2) is 7.90. The van der Waals surface area contributed by atoms with Gasteiger partial charge in [-0.25, -0.2) is 0 Å². The van der Waals surface area contributed by atoms with Crippen molar-refractivity contribution in [1.82, 2.24) is 5.32 Å². The number of carbonyl (C=O) groups excluding carboxylic acids is 2. The predicted octanol–water partition coefficient (Wildman–Crippen LogP) is 3.83. The lowest BCUT2D eigenvalue weighted by Gasteiger charge is -2.15. The summed E-state index contributed by atoms with van der Waals surface area (Å²) >= 11 is 5.86. The van der Waals surface area contributed by atoms with Crippen LogP contribution in [0.1, 0.15) is 35.8 Å². The fourth-order valence-corrected chi connectivity index (χ4v) is 2.33. The maximum absolute atomic E-state index is 12.1. The van der Waals surface area contributed by atoms with Crippen LogP contribution in [0.4, 0.5) is 5.69 Å². The Morgan fingerprint density at radius 1 is 1.09 bits per heavy atom. The molecular weight excluding hydrogens is 312 g/mol. The monoisotopic (exact) mass is 330 g/mol.